The molecule has 0 saturated heterocycles. The van der Waals surface area contributed by atoms with Crippen molar-refractivity contribution in [3.8, 4) is 5.75 Å². The Morgan fingerprint density at radius 3 is 2.39 bits per heavy atom. The SMILES string of the molecule is COc1ccc(COC[C@H](C)C/C=C(\C)c2ccccc2)cc1. The molecule has 122 valence electrons. The molecule has 1 atom stereocenters. The van der Waals surface area contributed by atoms with Crippen LogP contribution in [-0.4, -0.2) is 13.7 Å². The fourth-order valence-electron chi connectivity index (χ4n) is 2.36. The van der Waals surface area contributed by atoms with Gasteiger partial charge in [0.1, 0.15) is 5.75 Å². The van der Waals surface area contributed by atoms with Gasteiger partial charge in [0.05, 0.1) is 13.7 Å². The summed E-state index contributed by atoms with van der Waals surface area (Å²) >= 11 is 0. The molecule has 0 bridgehead atoms. The third-order valence-corrected chi connectivity index (χ3v) is 3.89. The summed E-state index contributed by atoms with van der Waals surface area (Å²) in [5, 5.41) is 0. The van der Waals surface area contributed by atoms with E-state index in [4.69, 9.17) is 9.47 Å². The highest BCUT2D eigenvalue weighted by Gasteiger charge is 2.02. The van der Waals surface area contributed by atoms with E-state index in [0.29, 0.717) is 12.5 Å². The van der Waals surface area contributed by atoms with E-state index in [1.54, 1.807) is 7.11 Å². The van der Waals surface area contributed by atoms with Crippen molar-refractivity contribution in [2.45, 2.75) is 26.9 Å². The standard InChI is InChI=1S/C21H26O2/c1-17(9-10-18(2)20-7-5-4-6-8-20)15-23-16-19-11-13-21(22-3)14-12-19/h4-8,10-14,17H,9,15-16H2,1-3H3/b18-10+/t17-/m1/s1. The predicted molar refractivity (Wildman–Crippen MR) is 96.5 cm³/mol. The fourth-order valence-corrected chi connectivity index (χ4v) is 2.36. The first-order valence-corrected chi connectivity index (χ1v) is 8.12. The molecule has 0 aromatic heterocycles. The van der Waals surface area contributed by atoms with Crippen molar-refractivity contribution in [2.24, 2.45) is 5.92 Å². The van der Waals surface area contributed by atoms with E-state index in [9.17, 15) is 0 Å². The smallest absolute Gasteiger partial charge is 0.118 e. The van der Waals surface area contributed by atoms with Crippen molar-refractivity contribution in [3.05, 3.63) is 71.8 Å². The van der Waals surface area contributed by atoms with Gasteiger partial charge >= 0.3 is 0 Å². The zero-order chi connectivity index (χ0) is 16.5. The number of benzene rings is 2. The third kappa shape index (κ3) is 5.91. The zero-order valence-electron chi connectivity index (χ0n) is 14.3. The molecule has 0 fully saturated rings. The van der Waals surface area contributed by atoms with Gasteiger partial charge in [0, 0.05) is 6.61 Å². The molecule has 23 heavy (non-hydrogen) atoms. The van der Waals surface area contributed by atoms with E-state index in [-0.39, 0.29) is 0 Å². The van der Waals surface area contributed by atoms with Crippen molar-refractivity contribution in [3.63, 3.8) is 0 Å². The van der Waals surface area contributed by atoms with Crippen LogP contribution in [0.5, 0.6) is 5.75 Å². The van der Waals surface area contributed by atoms with E-state index in [2.05, 4.69) is 44.2 Å². The molecule has 2 nitrogen and oxygen atoms in total. The molecule has 0 spiro atoms. The Balaban J connectivity index is 1.73. The summed E-state index contributed by atoms with van der Waals surface area (Å²) in [5.41, 5.74) is 3.79. The minimum absolute atomic E-state index is 0.506. The lowest BCUT2D eigenvalue weighted by Crippen LogP contribution is -2.05. The summed E-state index contributed by atoms with van der Waals surface area (Å²) < 4.78 is 11.0. The summed E-state index contributed by atoms with van der Waals surface area (Å²) in [6.07, 6.45) is 3.33. The van der Waals surface area contributed by atoms with Crippen LogP contribution in [0.15, 0.2) is 60.7 Å². The van der Waals surface area contributed by atoms with Crippen molar-refractivity contribution in [2.75, 3.05) is 13.7 Å². The fraction of sp³-hybridized carbons (Fsp3) is 0.333. The van der Waals surface area contributed by atoms with Crippen LogP contribution < -0.4 is 4.74 Å². The lowest BCUT2D eigenvalue weighted by Gasteiger charge is -2.11. The maximum absolute atomic E-state index is 5.82. The average molecular weight is 310 g/mol. The summed E-state index contributed by atoms with van der Waals surface area (Å²) in [5.74, 6) is 1.38. The molecule has 0 unspecified atom stereocenters. The van der Waals surface area contributed by atoms with Gasteiger partial charge in [-0.25, -0.2) is 0 Å². The first kappa shape index (κ1) is 17.3. The molecule has 0 N–H and O–H groups in total. The molecule has 2 aromatic carbocycles. The second kappa shape index (κ2) is 9.16. The molecule has 0 saturated carbocycles. The van der Waals surface area contributed by atoms with Gasteiger partial charge < -0.3 is 9.47 Å². The zero-order valence-corrected chi connectivity index (χ0v) is 14.3. The lowest BCUT2D eigenvalue weighted by molar-refractivity contribution is 0.0929. The molecule has 0 aliphatic rings. The van der Waals surface area contributed by atoms with Crippen LogP contribution in [0.3, 0.4) is 0 Å². The minimum atomic E-state index is 0.506. The first-order valence-electron chi connectivity index (χ1n) is 8.12. The van der Waals surface area contributed by atoms with Gasteiger partial charge in [-0.1, -0.05) is 55.5 Å². The number of allylic oxidation sites excluding steroid dienone is 2. The molecule has 0 amide bonds. The van der Waals surface area contributed by atoms with Gasteiger partial charge in [-0.2, -0.15) is 0 Å². The van der Waals surface area contributed by atoms with Gasteiger partial charge in [0.25, 0.3) is 0 Å². The van der Waals surface area contributed by atoms with Crippen LogP contribution in [0.2, 0.25) is 0 Å². The molecular formula is C21H26O2. The summed E-state index contributed by atoms with van der Waals surface area (Å²) in [4.78, 5) is 0. The number of rotatable bonds is 8. The van der Waals surface area contributed by atoms with Crippen molar-refractivity contribution in [1.29, 1.82) is 0 Å². The van der Waals surface area contributed by atoms with Crippen LogP contribution in [-0.2, 0) is 11.3 Å². The van der Waals surface area contributed by atoms with Gasteiger partial charge in [0.2, 0.25) is 0 Å². The molecule has 0 heterocycles. The largest absolute Gasteiger partial charge is 0.497 e. The number of hydrogen-bond acceptors (Lipinski definition) is 2. The summed E-state index contributed by atoms with van der Waals surface area (Å²) in [7, 11) is 1.68. The Morgan fingerprint density at radius 2 is 1.74 bits per heavy atom. The maximum Gasteiger partial charge on any atom is 0.118 e. The van der Waals surface area contributed by atoms with E-state index < -0.39 is 0 Å². The topological polar surface area (TPSA) is 18.5 Å². The van der Waals surface area contributed by atoms with Crippen molar-refractivity contribution in [1.82, 2.24) is 0 Å². The van der Waals surface area contributed by atoms with Gasteiger partial charge in [-0.15, -0.1) is 0 Å². The number of methoxy groups -OCH3 is 1. The molecule has 2 heteroatoms. The Kier molecular flexibility index (Phi) is 6.89. The highest BCUT2D eigenvalue weighted by molar-refractivity contribution is 5.63. The highest BCUT2D eigenvalue weighted by atomic mass is 16.5. The Bertz CT molecular complexity index is 599. The van der Waals surface area contributed by atoms with Gasteiger partial charge in [-0.3, -0.25) is 0 Å². The molecule has 0 radical (unpaired) electrons. The van der Waals surface area contributed by atoms with E-state index in [1.807, 2.05) is 30.3 Å². The average Bonchev–Trinajstić information content (AvgIpc) is 2.61. The van der Waals surface area contributed by atoms with Crippen LogP contribution in [0, 0.1) is 5.92 Å². The van der Waals surface area contributed by atoms with Crippen LogP contribution in [0.4, 0.5) is 0 Å². The lowest BCUT2D eigenvalue weighted by atomic mass is 10.0. The Labute approximate surface area is 139 Å². The van der Waals surface area contributed by atoms with Crippen molar-refractivity contribution >= 4 is 5.57 Å². The maximum atomic E-state index is 5.82. The second-order valence-corrected chi connectivity index (χ2v) is 5.96. The van der Waals surface area contributed by atoms with Crippen LogP contribution in [0.1, 0.15) is 31.4 Å². The predicted octanol–water partition coefficient (Wildman–Crippen LogP) is 5.34. The number of hydrogen-bond donors (Lipinski definition) is 0. The molecule has 2 rings (SSSR count). The molecule has 2 aromatic rings. The highest BCUT2D eigenvalue weighted by Crippen LogP contribution is 2.16. The first-order chi connectivity index (χ1) is 11.2. The quantitative estimate of drug-likeness (QED) is 0.655. The number of ether oxygens (including phenoxy) is 2. The second-order valence-electron chi connectivity index (χ2n) is 5.96. The monoisotopic (exact) mass is 310 g/mol. The Hall–Kier alpha value is -2.06. The van der Waals surface area contributed by atoms with E-state index >= 15 is 0 Å². The summed E-state index contributed by atoms with van der Waals surface area (Å²) in [6.45, 7) is 5.81. The molecule has 0 aliphatic heterocycles. The van der Waals surface area contributed by atoms with Crippen LogP contribution in [0.25, 0.3) is 5.57 Å². The van der Waals surface area contributed by atoms with E-state index in [0.717, 1.165) is 18.8 Å². The van der Waals surface area contributed by atoms with Gasteiger partial charge in [0.15, 0.2) is 0 Å². The van der Waals surface area contributed by atoms with Crippen molar-refractivity contribution < 1.29 is 9.47 Å². The minimum Gasteiger partial charge on any atom is -0.497 e. The third-order valence-electron chi connectivity index (χ3n) is 3.89. The van der Waals surface area contributed by atoms with E-state index in [1.165, 1.54) is 16.7 Å². The molecular weight excluding hydrogens is 284 g/mol. The van der Waals surface area contributed by atoms with Gasteiger partial charge in [-0.05, 0) is 48.1 Å². The van der Waals surface area contributed by atoms with Crippen LogP contribution >= 0.6 is 0 Å². The molecule has 0 aliphatic carbocycles. The summed E-state index contributed by atoms with van der Waals surface area (Å²) in [6, 6.07) is 18.5. The Morgan fingerprint density at radius 1 is 1.04 bits per heavy atom. The normalized spacial score (nSPS) is 12.9.